The number of nitrogens with zero attached hydrogens (tertiary/aromatic N) is 2. The number of amides is 1. The number of carbonyl (C=O) groups is 1. The Balaban J connectivity index is 2.04. The highest BCUT2D eigenvalue weighted by Crippen LogP contribution is 2.23. The lowest BCUT2D eigenvalue weighted by Gasteiger charge is -2.22. The topological polar surface area (TPSA) is 62.7 Å². The lowest BCUT2D eigenvalue weighted by Crippen LogP contribution is -2.33. The van der Waals surface area contributed by atoms with Gasteiger partial charge in [-0.05, 0) is 32.3 Å². The molecule has 23 heavy (non-hydrogen) atoms. The fraction of sp³-hybridized carbons (Fsp3) is 0.600. The standard InChI is InChI=1S/C15H19F3N2O3/c1-14(22)4-2-7-20(8-5-14)13(21)11-3-6-19-12(9-11)23-10-15(16,17)18/h3,6,9,22H,2,4-5,7-8,10H2,1H3. The molecule has 8 heteroatoms. The van der Waals surface area contributed by atoms with E-state index in [2.05, 4.69) is 9.72 Å². The molecule has 0 bridgehead atoms. The molecule has 0 aromatic carbocycles. The summed E-state index contributed by atoms with van der Waals surface area (Å²) in [6, 6.07) is 2.64. The van der Waals surface area contributed by atoms with Gasteiger partial charge in [-0.15, -0.1) is 0 Å². The molecule has 0 spiro atoms. The van der Waals surface area contributed by atoms with E-state index >= 15 is 0 Å². The zero-order chi connectivity index (χ0) is 17.1. The predicted octanol–water partition coefficient (Wildman–Crippen LogP) is 2.40. The van der Waals surface area contributed by atoms with Crippen molar-refractivity contribution in [3.63, 3.8) is 0 Å². The molecule has 1 saturated heterocycles. The predicted molar refractivity (Wildman–Crippen MR) is 76.2 cm³/mol. The first-order valence-electron chi connectivity index (χ1n) is 7.34. The Bertz CT molecular complexity index is 561. The van der Waals surface area contributed by atoms with Crippen LogP contribution in [0.1, 0.15) is 36.5 Å². The summed E-state index contributed by atoms with van der Waals surface area (Å²) in [5, 5.41) is 10.0. The zero-order valence-corrected chi connectivity index (χ0v) is 12.8. The molecule has 0 saturated carbocycles. The number of alkyl halides is 3. The molecule has 1 fully saturated rings. The Hall–Kier alpha value is -1.83. The fourth-order valence-electron chi connectivity index (χ4n) is 2.43. The van der Waals surface area contributed by atoms with Crippen LogP contribution in [0.2, 0.25) is 0 Å². The third-order valence-corrected chi connectivity index (χ3v) is 3.72. The van der Waals surface area contributed by atoms with E-state index < -0.39 is 18.4 Å². The van der Waals surface area contributed by atoms with Crippen molar-refractivity contribution in [2.75, 3.05) is 19.7 Å². The van der Waals surface area contributed by atoms with Crippen molar-refractivity contribution < 1.29 is 27.8 Å². The molecular weight excluding hydrogens is 313 g/mol. The van der Waals surface area contributed by atoms with E-state index in [0.717, 1.165) is 0 Å². The van der Waals surface area contributed by atoms with Crippen molar-refractivity contribution in [3.05, 3.63) is 23.9 Å². The Morgan fingerprint density at radius 3 is 2.87 bits per heavy atom. The number of pyridine rings is 1. The number of ether oxygens (including phenoxy) is 1. The van der Waals surface area contributed by atoms with Crippen LogP contribution in [0.25, 0.3) is 0 Å². The Labute approximate surface area is 132 Å². The van der Waals surface area contributed by atoms with Crippen molar-refractivity contribution in [1.29, 1.82) is 0 Å². The van der Waals surface area contributed by atoms with Crippen molar-refractivity contribution >= 4 is 5.91 Å². The quantitative estimate of drug-likeness (QED) is 0.923. The van der Waals surface area contributed by atoms with Crippen molar-refractivity contribution in [2.24, 2.45) is 0 Å². The summed E-state index contributed by atoms with van der Waals surface area (Å²) in [6.45, 7) is 1.17. The van der Waals surface area contributed by atoms with Gasteiger partial charge in [-0.25, -0.2) is 4.98 Å². The van der Waals surface area contributed by atoms with E-state index in [4.69, 9.17) is 0 Å². The highest BCUT2D eigenvalue weighted by molar-refractivity contribution is 5.94. The number of carbonyl (C=O) groups excluding carboxylic acids is 1. The van der Waals surface area contributed by atoms with Gasteiger partial charge < -0.3 is 14.7 Å². The minimum Gasteiger partial charge on any atom is -0.468 e. The van der Waals surface area contributed by atoms with Gasteiger partial charge in [-0.2, -0.15) is 13.2 Å². The van der Waals surface area contributed by atoms with E-state index in [9.17, 15) is 23.1 Å². The van der Waals surface area contributed by atoms with Gasteiger partial charge in [0.15, 0.2) is 6.61 Å². The van der Waals surface area contributed by atoms with Crippen molar-refractivity contribution in [1.82, 2.24) is 9.88 Å². The monoisotopic (exact) mass is 332 g/mol. The van der Waals surface area contributed by atoms with Crippen LogP contribution >= 0.6 is 0 Å². The van der Waals surface area contributed by atoms with Crippen LogP contribution in [0.15, 0.2) is 18.3 Å². The molecular formula is C15H19F3N2O3. The summed E-state index contributed by atoms with van der Waals surface area (Å²) >= 11 is 0. The SMILES string of the molecule is CC1(O)CCCN(C(=O)c2ccnc(OCC(F)(F)F)c2)CC1. The third kappa shape index (κ3) is 5.38. The van der Waals surface area contributed by atoms with Crippen molar-refractivity contribution in [3.8, 4) is 5.88 Å². The Morgan fingerprint density at radius 2 is 2.17 bits per heavy atom. The van der Waals surface area contributed by atoms with Gasteiger partial charge in [0.25, 0.3) is 5.91 Å². The minimum atomic E-state index is -4.46. The maximum absolute atomic E-state index is 12.5. The lowest BCUT2D eigenvalue weighted by molar-refractivity contribution is -0.154. The summed E-state index contributed by atoms with van der Waals surface area (Å²) in [5.74, 6) is -0.544. The third-order valence-electron chi connectivity index (χ3n) is 3.72. The fourth-order valence-corrected chi connectivity index (χ4v) is 2.43. The smallest absolute Gasteiger partial charge is 0.422 e. The van der Waals surface area contributed by atoms with Crippen LogP contribution in [-0.4, -0.2) is 52.4 Å². The Morgan fingerprint density at radius 1 is 1.43 bits per heavy atom. The van der Waals surface area contributed by atoms with E-state index in [-0.39, 0.29) is 17.4 Å². The van der Waals surface area contributed by atoms with Crippen LogP contribution in [0, 0.1) is 0 Å². The molecule has 1 aliphatic heterocycles. The van der Waals surface area contributed by atoms with Crippen LogP contribution in [0.5, 0.6) is 5.88 Å². The number of hydrogen-bond donors (Lipinski definition) is 1. The summed E-state index contributed by atoms with van der Waals surface area (Å²) in [6.07, 6.45) is -1.49. The van der Waals surface area contributed by atoms with Crippen molar-refractivity contribution in [2.45, 2.75) is 38.0 Å². The first-order valence-corrected chi connectivity index (χ1v) is 7.34. The number of likely N-dealkylation sites (tertiary alicyclic amines) is 1. The van der Waals surface area contributed by atoms with E-state index in [0.29, 0.717) is 32.4 Å². The molecule has 2 rings (SSSR count). The maximum Gasteiger partial charge on any atom is 0.422 e. The molecule has 1 aliphatic rings. The van der Waals surface area contributed by atoms with Crippen LogP contribution < -0.4 is 4.74 Å². The molecule has 1 N–H and O–H groups in total. The Kier molecular flexibility index (Phi) is 5.13. The molecule has 1 aromatic rings. The second-order valence-electron chi connectivity index (χ2n) is 5.93. The van der Waals surface area contributed by atoms with Crippen LogP contribution in [-0.2, 0) is 0 Å². The molecule has 1 unspecified atom stereocenters. The largest absolute Gasteiger partial charge is 0.468 e. The average molecular weight is 332 g/mol. The summed E-state index contributed by atoms with van der Waals surface area (Å²) in [5.41, 5.74) is -0.576. The normalized spacial score (nSPS) is 22.6. The molecule has 1 atom stereocenters. The molecule has 2 heterocycles. The highest BCUT2D eigenvalue weighted by atomic mass is 19.4. The second-order valence-corrected chi connectivity index (χ2v) is 5.93. The van der Waals surface area contributed by atoms with Crippen LogP contribution in [0.4, 0.5) is 13.2 Å². The van der Waals surface area contributed by atoms with Gasteiger partial charge in [0.05, 0.1) is 5.60 Å². The molecule has 1 amide bonds. The van der Waals surface area contributed by atoms with E-state index in [1.54, 1.807) is 11.8 Å². The molecule has 128 valence electrons. The maximum atomic E-state index is 12.5. The number of halogens is 3. The summed E-state index contributed by atoms with van der Waals surface area (Å²) in [4.78, 5) is 17.7. The van der Waals surface area contributed by atoms with Gasteiger partial charge in [0.1, 0.15) is 0 Å². The molecule has 0 radical (unpaired) electrons. The highest BCUT2D eigenvalue weighted by Gasteiger charge is 2.29. The van der Waals surface area contributed by atoms with Gasteiger partial charge >= 0.3 is 6.18 Å². The summed E-state index contributed by atoms with van der Waals surface area (Å²) in [7, 11) is 0. The van der Waals surface area contributed by atoms with Gasteiger partial charge in [0.2, 0.25) is 5.88 Å². The van der Waals surface area contributed by atoms with Crippen LogP contribution in [0.3, 0.4) is 0 Å². The second kappa shape index (κ2) is 6.74. The minimum absolute atomic E-state index is 0.221. The molecule has 5 nitrogen and oxygen atoms in total. The number of aromatic nitrogens is 1. The molecule has 1 aromatic heterocycles. The van der Waals surface area contributed by atoms with E-state index in [1.807, 2.05) is 0 Å². The first-order chi connectivity index (χ1) is 10.7. The van der Waals surface area contributed by atoms with Gasteiger partial charge in [-0.3, -0.25) is 4.79 Å². The van der Waals surface area contributed by atoms with E-state index in [1.165, 1.54) is 18.3 Å². The average Bonchev–Trinajstić information content (AvgIpc) is 2.65. The number of hydrogen-bond acceptors (Lipinski definition) is 4. The first kappa shape index (κ1) is 17.5. The van der Waals surface area contributed by atoms with Gasteiger partial charge in [-0.1, -0.05) is 0 Å². The summed E-state index contributed by atoms with van der Waals surface area (Å²) < 4.78 is 41.0. The number of aliphatic hydroxyl groups is 1. The number of rotatable bonds is 3. The van der Waals surface area contributed by atoms with Gasteiger partial charge in [0, 0.05) is 30.9 Å². The lowest BCUT2D eigenvalue weighted by atomic mass is 9.98. The zero-order valence-electron chi connectivity index (χ0n) is 12.8. The molecule has 0 aliphatic carbocycles.